The summed E-state index contributed by atoms with van der Waals surface area (Å²) in [5.41, 5.74) is 1.93. The van der Waals surface area contributed by atoms with E-state index in [1.54, 1.807) is 36.4 Å². The third-order valence-corrected chi connectivity index (χ3v) is 4.37. The molecule has 1 amide bonds. The van der Waals surface area contributed by atoms with E-state index in [2.05, 4.69) is 0 Å². The molecule has 2 aromatic rings. The smallest absolute Gasteiger partial charge is 0.315 e. The number of hydrogen-bond acceptors (Lipinski definition) is 5. The maximum Gasteiger partial charge on any atom is 0.315 e. The number of methoxy groups -OCH3 is 1. The molecule has 0 N–H and O–H groups in total. The number of nitro benzene ring substituents is 1. The Bertz CT molecular complexity index is 847. The van der Waals surface area contributed by atoms with E-state index in [1.807, 2.05) is 0 Å². The Kier molecular flexibility index (Phi) is 4.22. The molecule has 0 saturated carbocycles. The first kappa shape index (κ1) is 16.6. The Morgan fingerprint density at radius 2 is 1.76 bits per heavy atom. The average Bonchev–Trinajstić information content (AvgIpc) is 2.96. The lowest BCUT2D eigenvalue weighted by atomic mass is 9.90. The van der Waals surface area contributed by atoms with Gasteiger partial charge < -0.3 is 9.64 Å². The van der Waals surface area contributed by atoms with Crippen LogP contribution in [-0.4, -0.2) is 23.9 Å². The predicted octanol–water partition coefficient (Wildman–Crippen LogP) is 2.96. The summed E-state index contributed by atoms with van der Waals surface area (Å²) in [6.07, 6.45) is 0. The van der Waals surface area contributed by atoms with E-state index in [9.17, 15) is 19.7 Å². The summed E-state index contributed by atoms with van der Waals surface area (Å²) in [5, 5.41) is 10.9. The molecule has 128 valence electrons. The van der Waals surface area contributed by atoms with Crippen molar-refractivity contribution in [1.29, 1.82) is 0 Å². The van der Waals surface area contributed by atoms with Crippen molar-refractivity contribution in [2.24, 2.45) is 0 Å². The highest BCUT2D eigenvalue weighted by atomic mass is 16.6. The molecule has 1 heterocycles. The van der Waals surface area contributed by atoms with Gasteiger partial charge in [-0.1, -0.05) is 30.3 Å². The number of benzene rings is 2. The van der Waals surface area contributed by atoms with Crippen molar-refractivity contribution in [2.45, 2.75) is 18.9 Å². The minimum Gasteiger partial charge on any atom is -0.468 e. The van der Waals surface area contributed by atoms with E-state index in [0.717, 1.165) is 0 Å². The van der Waals surface area contributed by atoms with Crippen molar-refractivity contribution in [1.82, 2.24) is 0 Å². The van der Waals surface area contributed by atoms with Crippen LogP contribution in [0.3, 0.4) is 0 Å². The lowest BCUT2D eigenvalue weighted by molar-refractivity contribution is -0.384. The van der Waals surface area contributed by atoms with Crippen LogP contribution in [0.15, 0.2) is 48.5 Å². The molecule has 3 rings (SSSR count). The van der Waals surface area contributed by atoms with Gasteiger partial charge in [0, 0.05) is 24.7 Å². The monoisotopic (exact) mass is 340 g/mol. The number of rotatable bonds is 3. The van der Waals surface area contributed by atoms with Gasteiger partial charge in [-0.25, -0.2) is 0 Å². The standard InChI is InChI=1S/C18H16N2O5/c1-11(21)19-15-6-4-3-5-14(15)16(18(22)25-2)17(19)12-7-9-13(10-8-12)20(23)24/h3-10,16-17H,1-2H3/t16-,17+/m0/s1. The molecule has 0 saturated heterocycles. The number of para-hydroxylation sites is 1. The first-order valence-corrected chi connectivity index (χ1v) is 7.66. The van der Waals surface area contributed by atoms with E-state index in [1.165, 1.54) is 31.1 Å². The summed E-state index contributed by atoms with van der Waals surface area (Å²) in [6.45, 7) is 1.43. The van der Waals surface area contributed by atoms with Crippen LogP contribution in [0.1, 0.15) is 30.0 Å². The quantitative estimate of drug-likeness (QED) is 0.487. The Labute approximate surface area is 144 Å². The third-order valence-electron chi connectivity index (χ3n) is 4.37. The summed E-state index contributed by atoms with van der Waals surface area (Å²) in [6, 6.07) is 12.4. The maximum absolute atomic E-state index is 12.4. The van der Waals surface area contributed by atoms with Crippen LogP contribution in [0.5, 0.6) is 0 Å². The molecule has 25 heavy (non-hydrogen) atoms. The fourth-order valence-corrected chi connectivity index (χ4v) is 3.32. The van der Waals surface area contributed by atoms with Gasteiger partial charge in [-0.05, 0) is 17.2 Å². The Morgan fingerprint density at radius 3 is 2.32 bits per heavy atom. The van der Waals surface area contributed by atoms with E-state index in [-0.39, 0.29) is 11.6 Å². The molecule has 0 spiro atoms. The van der Waals surface area contributed by atoms with Crippen molar-refractivity contribution in [3.63, 3.8) is 0 Å². The van der Waals surface area contributed by atoms with Gasteiger partial charge in [0.15, 0.2) is 0 Å². The van der Waals surface area contributed by atoms with Crippen LogP contribution in [0, 0.1) is 10.1 Å². The van der Waals surface area contributed by atoms with E-state index in [4.69, 9.17) is 4.74 Å². The highest BCUT2D eigenvalue weighted by Crippen LogP contribution is 2.49. The van der Waals surface area contributed by atoms with Gasteiger partial charge in [0.1, 0.15) is 5.92 Å². The second-order valence-corrected chi connectivity index (χ2v) is 5.74. The minimum atomic E-state index is -0.688. The highest BCUT2D eigenvalue weighted by molar-refractivity contribution is 5.99. The zero-order chi connectivity index (χ0) is 18.1. The molecule has 7 nitrogen and oxygen atoms in total. The molecule has 1 aliphatic rings. The molecule has 0 aromatic heterocycles. The summed E-state index contributed by atoms with van der Waals surface area (Å²) >= 11 is 0. The first-order valence-electron chi connectivity index (χ1n) is 7.66. The Hall–Kier alpha value is -3.22. The molecule has 7 heteroatoms. The fraction of sp³-hybridized carbons (Fsp3) is 0.222. The molecule has 0 fully saturated rings. The Balaban J connectivity index is 2.15. The Morgan fingerprint density at radius 1 is 1.12 bits per heavy atom. The van der Waals surface area contributed by atoms with Crippen LogP contribution >= 0.6 is 0 Å². The van der Waals surface area contributed by atoms with Crippen molar-refractivity contribution in [3.8, 4) is 0 Å². The number of carbonyl (C=O) groups is 2. The van der Waals surface area contributed by atoms with Gasteiger partial charge in [0.05, 0.1) is 18.1 Å². The van der Waals surface area contributed by atoms with Gasteiger partial charge in [-0.2, -0.15) is 0 Å². The number of fused-ring (bicyclic) bond motifs is 1. The molecule has 0 unspecified atom stereocenters. The number of amides is 1. The van der Waals surface area contributed by atoms with Gasteiger partial charge in [0.25, 0.3) is 5.69 Å². The number of carbonyl (C=O) groups excluding carboxylic acids is 2. The van der Waals surface area contributed by atoms with Crippen molar-refractivity contribution in [2.75, 3.05) is 12.0 Å². The number of esters is 1. The molecule has 0 radical (unpaired) electrons. The van der Waals surface area contributed by atoms with Gasteiger partial charge in [-0.15, -0.1) is 0 Å². The number of nitro groups is 1. The normalized spacial score (nSPS) is 18.6. The number of nitrogens with zero attached hydrogens (tertiary/aromatic N) is 2. The van der Waals surface area contributed by atoms with Crippen molar-refractivity contribution >= 4 is 23.3 Å². The van der Waals surface area contributed by atoms with Crippen LogP contribution in [0.2, 0.25) is 0 Å². The SMILES string of the molecule is COC(=O)[C@H]1c2ccccc2N(C(C)=O)[C@@H]1c1ccc([N+](=O)[O-])cc1. The number of non-ortho nitro benzene ring substituents is 1. The minimum absolute atomic E-state index is 0.0525. The predicted molar refractivity (Wildman–Crippen MR) is 90.2 cm³/mol. The topological polar surface area (TPSA) is 89.8 Å². The zero-order valence-electron chi connectivity index (χ0n) is 13.7. The fourth-order valence-electron chi connectivity index (χ4n) is 3.32. The lowest BCUT2D eigenvalue weighted by Crippen LogP contribution is -2.33. The van der Waals surface area contributed by atoms with E-state index < -0.39 is 22.9 Å². The number of ether oxygens (including phenoxy) is 1. The molecule has 2 atom stereocenters. The number of hydrogen-bond donors (Lipinski definition) is 0. The van der Waals surface area contributed by atoms with E-state index in [0.29, 0.717) is 16.8 Å². The van der Waals surface area contributed by atoms with Gasteiger partial charge in [0.2, 0.25) is 5.91 Å². The van der Waals surface area contributed by atoms with Gasteiger partial charge in [-0.3, -0.25) is 19.7 Å². The van der Waals surface area contributed by atoms with Crippen LogP contribution in [0.25, 0.3) is 0 Å². The molecule has 0 aliphatic carbocycles. The molecule has 0 bridgehead atoms. The second kappa shape index (κ2) is 6.35. The van der Waals surface area contributed by atoms with Gasteiger partial charge >= 0.3 is 5.97 Å². The average molecular weight is 340 g/mol. The third kappa shape index (κ3) is 2.73. The molecule has 2 aromatic carbocycles. The molecule has 1 aliphatic heterocycles. The highest BCUT2D eigenvalue weighted by Gasteiger charge is 2.45. The van der Waals surface area contributed by atoms with Crippen molar-refractivity contribution < 1.29 is 19.2 Å². The van der Waals surface area contributed by atoms with Crippen LogP contribution in [-0.2, 0) is 14.3 Å². The first-order chi connectivity index (χ1) is 12.0. The van der Waals surface area contributed by atoms with Crippen LogP contribution < -0.4 is 4.90 Å². The zero-order valence-corrected chi connectivity index (χ0v) is 13.7. The van der Waals surface area contributed by atoms with E-state index >= 15 is 0 Å². The summed E-state index contributed by atoms with van der Waals surface area (Å²) in [5.74, 6) is -1.37. The summed E-state index contributed by atoms with van der Waals surface area (Å²) in [7, 11) is 1.30. The lowest BCUT2D eigenvalue weighted by Gasteiger charge is -2.27. The summed E-state index contributed by atoms with van der Waals surface area (Å²) < 4.78 is 4.95. The summed E-state index contributed by atoms with van der Waals surface area (Å²) in [4.78, 5) is 36.6. The maximum atomic E-state index is 12.4. The largest absolute Gasteiger partial charge is 0.468 e. The molecular weight excluding hydrogens is 324 g/mol. The van der Waals surface area contributed by atoms with Crippen molar-refractivity contribution in [3.05, 3.63) is 69.8 Å². The van der Waals surface area contributed by atoms with Crippen LogP contribution in [0.4, 0.5) is 11.4 Å². The molecular formula is C18H16N2O5. The second-order valence-electron chi connectivity index (χ2n) is 5.74. The number of anilines is 1.